The number of rotatable bonds is 3. The van der Waals surface area contributed by atoms with E-state index in [2.05, 4.69) is 4.99 Å². The van der Waals surface area contributed by atoms with E-state index in [0.29, 0.717) is 16.6 Å². The van der Waals surface area contributed by atoms with Crippen molar-refractivity contribution in [1.82, 2.24) is 0 Å². The van der Waals surface area contributed by atoms with Crippen molar-refractivity contribution in [2.24, 2.45) is 4.99 Å². The molecule has 0 saturated carbocycles. The number of anilines is 1. The van der Waals surface area contributed by atoms with Crippen molar-refractivity contribution in [3.05, 3.63) is 57.1 Å². The van der Waals surface area contributed by atoms with Gasteiger partial charge >= 0.3 is 0 Å². The van der Waals surface area contributed by atoms with Gasteiger partial charge in [-0.1, -0.05) is 36.4 Å². The number of hydrogen-bond acceptors (Lipinski definition) is 4. The van der Waals surface area contributed by atoms with Gasteiger partial charge in [0.25, 0.3) is 5.91 Å². The van der Waals surface area contributed by atoms with Crippen LogP contribution in [0.4, 0.5) is 10.1 Å². The molecule has 2 heterocycles. The van der Waals surface area contributed by atoms with Gasteiger partial charge in [-0.15, -0.1) is 11.3 Å². The summed E-state index contributed by atoms with van der Waals surface area (Å²) in [6.45, 7) is 1.98. The first-order valence-electron chi connectivity index (χ1n) is 6.86. The monoisotopic (exact) mass is 366 g/mol. The second kappa shape index (κ2) is 6.86. The third-order valence-corrected chi connectivity index (χ3v) is 5.02. The van der Waals surface area contributed by atoms with Crippen LogP contribution in [0.1, 0.15) is 11.8 Å². The zero-order valence-corrected chi connectivity index (χ0v) is 14.5. The minimum atomic E-state index is -0.516. The van der Waals surface area contributed by atoms with Gasteiger partial charge in [0.1, 0.15) is 11.5 Å². The number of nitrogens with zero attached hydrogens (tertiary/aromatic N) is 2. The Kier molecular flexibility index (Phi) is 4.84. The highest BCUT2D eigenvalue weighted by atomic mass is 35.5. The zero-order chi connectivity index (χ0) is 16.4. The highest BCUT2D eigenvalue weighted by Crippen LogP contribution is 2.31. The smallest absolute Gasteiger partial charge is 0.266 e. The topological polar surface area (TPSA) is 32.7 Å². The quantitative estimate of drug-likeness (QED) is 0.713. The Morgan fingerprint density at radius 1 is 1.43 bits per heavy atom. The molecule has 0 aliphatic carbocycles. The molecule has 1 aliphatic rings. The fourth-order valence-electron chi connectivity index (χ4n) is 2.08. The van der Waals surface area contributed by atoms with E-state index in [9.17, 15) is 9.18 Å². The maximum absolute atomic E-state index is 13.4. The lowest BCUT2D eigenvalue weighted by Crippen LogP contribution is -2.30. The van der Waals surface area contributed by atoms with E-state index in [4.69, 9.17) is 11.6 Å². The van der Waals surface area contributed by atoms with Crippen molar-refractivity contribution in [3.63, 3.8) is 0 Å². The maximum Gasteiger partial charge on any atom is 0.283 e. The SMILES string of the molecule is CCSC1=NC(=Cc2cccs2)C(=O)N1c1ccc(F)c(Cl)c1. The fraction of sp³-hybridized carbons (Fsp3) is 0.125. The van der Waals surface area contributed by atoms with Crippen LogP contribution in [0, 0.1) is 5.82 Å². The van der Waals surface area contributed by atoms with E-state index in [1.165, 1.54) is 46.2 Å². The summed E-state index contributed by atoms with van der Waals surface area (Å²) in [6.07, 6.45) is 1.76. The molecule has 23 heavy (non-hydrogen) atoms. The molecule has 0 bridgehead atoms. The van der Waals surface area contributed by atoms with Gasteiger partial charge in [-0.25, -0.2) is 9.38 Å². The summed E-state index contributed by atoms with van der Waals surface area (Å²) in [4.78, 5) is 19.6. The van der Waals surface area contributed by atoms with Crippen molar-refractivity contribution in [2.75, 3.05) is 10.7 Å². The molecule has 3 rings (SSSR count). The van der Waals surface area contributed by atoms with Crippen LogP contribution in [-0.2, 0) is 4.79 Å². The fourth-order valence-corrected chi connectivity index (χ4v) is 3.65. The lowest BCUT2D eigenvalue weighted by atomic mass is 10.2. The molecule has 0 unspecified atom stereocenters. The molecule has 2 aromatic rings. The first kappa shape index (κ1) is 16.2. The third-order valence-electron chi connectivity index (χ3n) is 3.09. The van der Waals surface area contributed by atoms with E-state index < -0.39 is 5.82 Å². The van der Waals surface area contributed by atoms with Crippen molar-refractivity contribution in [1.29, 1.82) is 0 Å². The highest BCUT2D eigenvalue weighted by molar-refractivity contribution is 8.14. The molecule has 118 valence electrons. The number of benzene rings is 1. The molecule has 0 fully saturated rings. The number of amides is 1. The number of carbonyl (C=O) groups is 1. The van der Waals surface area contributed by atoms with Gasteiger partial charge in [0.15, 0.2) is 5.17 Å². The number of aliphatic imine (C=N–C) groups is 1. The molecule has 1 aromatic heterocycles. The van der Waals surface area contributed by atoms with Crippen LogP contribution >= 0.6 is 34.7 Å². The predicted octanol–water partition coefficient (Wildman–Crippen LogP) is 5.04. The normalized spacial score (nSPS) is 16.3. The Labute approximate surface area is 146 Å². The Morgan fingerprint density at radius 2 is 2.26 bits per heavy atom. The maximum atomic E-state index is 13.4. The molecule has 0 spiro atoms. The molecular weight excluding hydrogens is 355 g/mol. The van der Waals surface area contributed by atoms with Crippen LogP contribution < -0.4 is 4.90 Å². The Bertz CT molecular complexity index is 802. The second-order valence-electron chi connectivity index (χ2n) is 4.61. The second-order valence-corrected chi connectivity index (χ2v) is 7.23. The predicted molar refractivity (Wildman–Crippen MR) is 96.8 cm³/mol. The van der Waals surface area contributed by atoms with E-state index in [1.807, 2.05) is 24.4 Å². The van der Waals surface area contributed by atoms with E-state index in [-0.39, 0.29) is 10.9 Å². The minimum absolute atomic E-state index is 0.0214. The summed E-state index contributed by atoms with van der Waals surface area (Å²) in [5, 5.41) is 2.49. The summed E-state index contributed by atoms with van der Waals surface area (Å²) in [6, 6.07) is 8.05. The van der Waals surface area contributed by atoms with E-state index in [1.54, 1.807) is 6.08 Å². The molecule has 1 aromatic carbocycles. The lowest BCUT2D eigenvalue weighted by molar-refractivity contribution is -0.113. The number of thioether (sulfide) groups is 1. The average molecular weight is 367 g/mol. The number of halogens is 2. The van der Waals surface area contributed by atoms with Crippen LogP contribution in [0.3, 0.4) is 0 Å². The van der Waals surface area contributed by atoms with Gasteiger partial charge in [-0.05, 0) is 41.5 Å². The highest BCUT2D eigenvalue weighted by Gasteiger charge is 2.32. The van der Waals surface area contributed by atoms with Crippen LogP contribution in [0.2, 0.25) is 5.02 Å². The molecule has 0 radical (unpaired) electrons. The van der Waals surface area contributed by atoms with Gasteiger partial charge in [-0.3, -0.25) is 9.69 Å². The van der Waals surface area contributed by atoms with Crippen molar-refractivity contribution >= 4 is 57.5 Å². The standard InChI is InChI=1S/C16H12ClFN2OS2/c1-2-22-16-19-14(9-11-4-3-7-23-11)15(21)20(16)10-5-6-13(18)12(17)8-10/h3-9H,2H2,1H3. The Morgan fingerprint density at radius 3 is 2.91 bits per heavy atom. The zero-order valence-electron chi connectivity index (χ0n) is 12.1. The average Bonchev–Trinajstić information content (AvgIpc) is 3.13. The van der Waals surface area contributed by atoms with Crippen LogP contribution in [-0.4, -0.2) is 16.8 Å². The largest absolute Gasteiger partial charge is 0.283 e. The first-order chi connectivity index (χ1) is 11.1. The van der Waals surface area contributed by atoms with Gasteiger partial charge in [0.05, 0.1) is 10.7 Å². The van der Waals surface area contributed by atoms with E-state index in [0.717, 1.165) is 10.6 Å². The van der Waals surface area contributed by atoms with E-state index >= 15 is 0 Å². The molecule has 0 saturated heterocycles. The van der Waals surface area contributed by atoms with Crippen molar-refractivity contribution in [2.45, 2.75) is 6.92 Å². The van der Waals surface area contributed by atoms with Gasteiger partial charge in [0, 0.05) is 4.88 Å². The van der Waals surface area contributed by atoms with Gasteiger partial charge < -0.3 is 0 Å². The number of carbonyl (C=O) groups excluding carboxylic acids is 1. The van der Waals surface area contributed by atoms with Gasteiger partial charge in [0.2, 0.25) is 0 Å². The van der Waals surface area contributed by atoms with Crippen molar-refractivity contribution < 1.29 is 9.18 Å². The summed E-state index contributed by atoms with van der Waals surface area (Å²) < 4.78 is 13.4. The molecule has 0 atom stereocenters. The Hall–Kier alpha value is -1.63. The Balaban J connectivity index is 2.00. The molecule has 1 amide bonds. The number of amidine groups is 1. The van der Waals surface area contributed by atoms with Crippen LogP contribution in [0.15, 0.2) is 46.4 Å². The summed E-state index contributed by atoms with van der Waals surface area (Å²) in [5.74, 6) is 0.0131. The number of hydrogen-bond donors (Lipinski definition) is 0. The summed E-state index contributed by atoms with van der Waals surface area (Å²) in [5.41, 5.74) is 0.875. The molecule has 1 aliphatic heterocycles. The summed E-state index contributed by atoms with van der Waals surface area (Å²) in [7, 11) is 0. The lowest BCUT2D eigenvalue weighted by Gasteiger charge is -2.17. The molecule has 7 heteroatoms. The first-order valence-corrected chi connectivity index (χ1v) is 9.10. The molecule has 3 nitrogen and oxygen atoms in total. The van der Waals surface area contributed by atoms with Crippen LogP contribution in [0.5, 0.6) is 0 Å². The summed E-state index contributed by atoms with van der Waals surface area (Å²) >= 11 is 8.83. The minimum Gasteiger partial charge on any atom is -0.266 e. The molecule has 0 N–H and O–H groups in total. The van der Waals surface area contributed by atoms with Gasteiger partial charge in [-0.2, -0.15) is 0 Å². The molecular formula is C16H12ClFN2OS2. The van der Waals surface area contributed by atoms with Crippen LogP contribution in [0.25, 0.3) is 6.08 Å². The van der Waals surface area contributed by atoms with Crippen molar-refractivity contribution in [3.8, 4) is 0 Å². The number of thiophene rings is 1. The third kappa shape index (κ3) is 3.34.